The molecule has 0 heterocycles. The lowest BCUT2D eigenvalue weighted by Gasteiger charge is -2.22. The van der Waals surface area contributed by atoms with Gasteiger partial charge in [0.05, 0.1) is 0 Å². The van der Waals surface area contributed by atoms with Crippen LogP contribution in [0.3, 0.4) is 0 Å². The Morgan fingerprint density at radius 3 is 2.44 bits per heavy atom. The van der Waals surface area contributed by atoms with E-state index < -0.39 is 0 Å². The van der Waals surface area contributed by atoms with Crippen molar-refractivity contribution in [1.29, 1.82) is 0 Å². The fourth-order valence-electron chi connectivity index (χ4n) is 2.51. The third kappa shape index (κ3) is 3.49. The molecule has 2 aliphatic rings. The Balaban J connectivity index is 1.43. The molecule has 1 N–H and O–H groups in total. The van der Waals surface area contributed by atoms with E-state index in [1.54, 1.807) is 0 Å². The molecule has 0 spiro atoms. The molecule has 0 aliphatic heterocycles. The summed E-state index contributed by atoms with van der Waals surface area (Å²) in [5.74, 6) is 1.02. The molecule has 0 unspecified atom stereocenters. The van der Waals surface area contributed by atoms with E-state index in [-0.39, 0.29) is 0 Å². The van der Waals surface area contributed by atoms with Gasteiger partial charge in [0, 0.05) is 31.4 Å². The van der Waals surface area contributed by atoms with Gasteiger partial charge >= 0.3 is 0 Å². The summed E-state index contributed by atoms with van der Waals surface area (Å²) in [5, 5.41) is 3.54. The van der Waals surface area contributed by atoms with Crippen LogP contribution in [0.15, 0.2) is 24.3 Å². The Bertz CT molecular complexity index is 377. The van der Waals surface area contributed by atoms with Crippen molar-refractivity contribution < 1.29 is 0 Å². The van der Waals surface area contributed by atoms with Crippen molar-refractivity contribution in [2.75, 3.05) is 25.0 Å². The highest BCUT2D eigenvalue weighted by molar-refractivity contribution is 5.44. The number of hydrogen-bond acceptors (Lipinski definition) is 2. The zero-order chi connectivity index (χ0) is 12.4. The Morgan fingerprint density at radius 2 is 1.83 bits per heavy atom. The highest BCUT2D eigenvalue weighted by Crippen LogP contribution is 2.34. The average molecular weight is 244 g/mol. The standard InChI is InChI=1S/C16H24N2/c1-13-2-6-15(7-3-13)17-10-11-18(16-8-9-16)12-14-4-5-14/h2-3,6-7,14,16-17H,4-5,8-12H2,1H3. The van der Waals surface area contributed by atoms with Crippen LogP contribution in [0.4, 0.5) is 5.69 Å². The smallest absolute Gasteiger partial charge is 0.0340 e. The predicted octanol–water partition coefficient (Wildman–Crippen LogP) is 3.28. The summed E-state index contributed by atoms with van der Waals surface area (Å²) in [6, 6.07) is 9.61. The first-order chi connectivity index (χ1) is 8.81. The summed E-state index contributed by atoms with van der Waals surface area (Å²) < 4.78 is 0. The van der Waals surface area contributed by atoms with Crippen LogP contribution in [0.1, 0.15) is 31.2 Å². The van der Waals surface area contributed by atoms with Crippen molar-refractivity contribution in [3.63, 3.8) is 0 Å². The number of rotatable bonds is 7. The van der Waals surface area contributed by atoms with E-state index in [4.69, 9.17) is 0 Å². The van der Waals surface area contributed by atoms with E-state index >= 15 is 0 Å². The third-order valence-electron chi connectivity index (χ3n) is 4.03. The molecule has 2 saturated carbocycles. The van der Waals surface area contributed by atoms with Gasteiger partial charge in [0.1, 0.15) is 0 Å². The van der Waals surface area contributed by atoms with Gasteiger partial charge in [-0.2, -0.15) is 0 Å². The lowest BCUT2D eigenvalue weighted by atomic mass is 10.2. The van der Waals surface area contributed by atoms with Crippen LogP contribution >= 0.6 is 0 Å². The van der Waals surface area contributed by atoms with E-state index in [9.17, 15) is 0 Å². The van der Waals surface area contributed by atoms with Crippen molar-refractivity contribution in [3.8, 4) is 0 Å². The quantitative estimate of drug-likeness (QED) is 0.792. The van der Waals surface area contributed by atoms with Gasteiger partial charge in [0.25, 0.3) is 0 Å². The monoisotopic (exact) mass is 244 g/mol. The maximum atomic E-state index is 3.54. The molecule has 2 nitrogen and oxygen atoms in total. The second-order valence-corrected chi connectivity index (χ2v) is 5.96. The second kappa shape index (κ2) is 5.31. The van der Waals surface area contributed by atoms with Crippen LogP contribution in [0.2, 0.25) is 0 Å². The molecule has 0 atom stereocenters. The van der Waals surface area contributed by atoms with Crippen molar-refractivity contribution in [2.24, 2.45) is 5.92 Å². The Labute approximate surface area is 110 Å². The van der Waals surface area contributed by atoms with E-state index in [2.05, 4.69) is 41.4 Å². The zero-order valence-electron chi connectivity index (χ0n) is 11.4. The van der Waals surface area contributed by atoms with Gasteiger partial charge in [0.15, 0.2) is 0 Å². The number of anilines is 1. The van der Waals surface area contributed by atoms with E-state index in [0.29, 0.717) is 0 Å². The largest absolute Gasteiger partial charge is 0.384 e. The van der Waals surface area contributed by atoms with Gasteiger partial charge in [-0.1, -0.05) is 17.7 Å². The number of nitrogens with one attached hydrogen (secondary N) is 1. The Hall–Kier alpha value is -1.02. The lowest BCUT2D eigenvalue weighted by Crippen LogP contribution is -2.33. The average Bonchev–Trinajstić information content (AvgIpc) is 3.24. The second-order valence-electron chi connectivity index (χ2n) is 5.96. The highest BCUT2D eigenvalue weighted by Gasteiger charge is 2.33. The van der Waals surface area contributed by atoms with Crippen LogP contribution in [0, 0.1) is 12.8 Å². The molecule has 2 aliphatic carbocycles. The van der Waals surface area contributed by atoms with E-state index in [1.165, 1.54) is 50.0 Å². The molecule has 98 valence electrons. The first-order valence-electron chi connectivity index (χ1n) is 7.36. The number of aryl methyl sites for hydroxylation is 1. The summed E-state index contributed by atoms with van der Waals surface area (Å²) in [4.78, 5) is 2.71. The molecule has 3 rings (SSSR count). The van der Waals surface area contributed by atoms with Crippen LogP contribution < -0.4 is 5.32 Å². The maximum absolute atomic E-state index is 3.54. The van der Waals surface area contributed by atoms with Crippen molar-refractivity contribution in [2.45, 2.75) is 38.6 Å². The van der Waals surface area contributed by atoms with Gasteiger partial charge in [-0.05, 0) is 50.7 Å². The summed E-state index contributed by atoms with van der Waals surface area (Å²) in [5.41, 5.74) is 2.58. The minimum Gasteiger partial charge on any atom is -0.384 e. The maximum Gasteiger partial charge on any atom is 0.0340 e. The van der Waals surface area contributed by atoms with Gasteiger partial charge < -0.3 is 5.32 Å². The molecular formula is C16H24N2. The fraction of sp³-hybridized carbons (Fsp3) is 0.625. The Morgan fingerprint density at radius 1 is 1.11 bits per heavy atom. The predicted molar refractivity (Wildman–Crippen MR) is 77.0 cm³/mol. The first-order valence-corrected chi connectivity index (χ1v) is 7.36. The lowest BCUT2D eigenvalue weighted by molar-refractivity contribution is 0.262. The topological polar surface area (TPSA) is 15.3 Å². The van der Waals surface area contributed by atoms with Gasteiger partial charge in [-0.25, -0.2) is 0 Å². The zero-order valence-corrected chi connectivity index (χ0v) is 11.4. The minimum absolute atomic E-state index is 0.908. The van der Waals surface area contributed by atoms with Crippen molar-refractivity contribution in [3.05, 3.63) is 29.8 Å². The molecule has 0 bridgehead atoms. The highest BCUT2D eigenvalue weighted by atomic mass is 15.2. The Kier molecular flexibility index (Phi) is 3.55. The molecule has 2 heteroatoms. The third-order valence-corrected chi connectivity index (χ3v) is 4.03. The number of hydrogen-bond donors (Lipinski definition) is 1. The van der Waals surface area contributed by atoms with Crippen LogP contribution in [0.5, 0.6) is 0 Å². The summed E-state index contributed by atoms with van der Waals surface area (Å²) in [7, 11) is 0. The van der Waals surface area contributed by atoms with Crippen LogP contribution in [0.25, 0.3) is 0 Å². The molecule has 1 aromatic carbocycles. The number of nitrogens with zero attached hydrogens (tertiary/aromatic N) is 1. The minimum atomic E-state index is 0.908. The molecule has 18 heavy (non-hydrogen) atoms. The molecular weight excluding hydrogens is 220 g/mol. The molecule has 0 radical (unpaired) electrons. The fourth-order valence-corrected chi connectivity index (χ4v) is 2.51. The number of benzene rings is 1. The normalized spacial score (nSPS) is 19.2. The van der Waals surface area contributed by atoms with Crippen LogP contribution in [-0.2, 0) is 0 Å². The van der Waals surface area contributed by atoms with E-state index in [0.717, 1.165) is 18.5 Å². The molecule has 1 aromatic rings. The molecule has 2 fully saturated rings. The first kappa shape index (κ1) is 12.0. The van der Waals surface area contributed by atoms with Gasteiger partial charge in [-0.3, -0.25) is 4.90 Å². The molecule has 0 amide bonds. The molecule has 0 saturated heterocycles. The summed E-state index contributed by atoms with van der Waals surface area (Å²) in [6.07, 6.45) is 5.79. The molecule has 0 aromatic heterocycles. The van der Waals surface area contributed by atoms with Crippen molar-refractivity contribution >= 4 is 5.69 Å². The van der Waals surface area contributed by atoms with Crippen molar-refractivity contribution in [1.82, 2.24) is 4.90 Å². The van der Waals surface area contributed by atoms with Gasteiger partial charge in [-0.15, -0.1) is 0 Å². The van der Waals surface area contributed by atoms with Crippen LogP contribution in [-0.4, -0.2) is 30.6 Å². The summed E-state index contributed by atoms with van der Waals surface area (Å²) >= 11 is 0. The van der Waals surface area contributed by atoms with Gasteiger partial charge in [0.2, 0.25) is 0 Å². The SMILES string of the molecule is Cc1ccc(NCCN(CC2CC2)C2CC2)cc1. The summed E-state index contributed by atoms with van der Waals surface area (Å²) in [6.45, 7) is 5.76. The van der Waals surface area contributed by atoms with E-state index in [1.807, 2.05) is 0 Å².